The van der Waals surface area contributed by atoms with Gasteiger partial charge in [0.25, 0.3) is 0 Å². The molecule has 0 aromatic heterocycles. The molecular weight excluding hydrogens is 378 g/mol. The molecule has 2 aliphatic rings. The molecule has 0 amide bonds. The Balaban J connectivity index is 1.73. The molecule has 3 nitrogen and oxygen atoms in total. The van der Waals surface area contributed by atoms with Crippen molar-refractivity contribution in [2.75, 3.05) is 11.4 Å². The molecule has 2 aliphatic heterocycles. The number of fused-ring (bicyclic) bond motifs is 1. The second kappa shape index (κ2) is 7.15. The zero-order valence-corrected chi connectivity index (χ0v) is 17.8. The fourth-order valence-electron chi connectivity index (χ4n) is 5.17. The summed E-state index contributed by atoms with van der Waals surface area (Å²) >= 11 is 0. The van der Waals surface area contributed by atoms with Crippen molar-refractivity contribution in [2.24, 2.45) is 0 Å². The van der Waals surface area contributed by atoms with Gasteiger partial charge in [0.2, 0.25) is 0 Å². The van der Waals surface area contributed by atoms with Crippen molar-refractivity contribution in [1.29, 1.82) is 10.5 Å². The van der Waals surface area contributed by atoms with Gasteiger partial charge in [-0.1, -0.05) is 74.5 Å². The minimum Gasteiger partial charge on any atom is -0.344 e. The highest BCUT2D eigenvalue weighted by molar-refractivity contribution is 5.89. The number of nitrogens with zero attached hydrogens (tertiary/aromatic N) is 3. The third-order valence-corrected chi connectivity index (χ3v) is 6.69. The lowest BCUT2D eigenvalue weighted by Crippen LogP contribution is -2.29. The molecular formula is C28H23N3. The van der Waals surface area contributed by atoms with Crippen LogP contribution in [0.15, 0.2) is 66.4 Å². The fourth-order valence-corrected chi connectivity index (χ4v) is 5.17. The van der Waals surface area contributed by atoms with Gasteiger partial charge in [-0.25, -0.2) is 0 Å². The maximum absolute atomic E-state index is 9.35. The van der Waals surface area contributed by atoms with Gasteiger partial charge in [0.1, 0.15) is 17.7 Å². The van der Waals surface area contributed by atoms with Crippen LogP contribution in [-0.2, 0) is 11.8 Å². The number of anilines is 1. The highest BCUT2D eigenvalue weighted by atomic mass is 15.2. The van der Waals surface area contributed by atoms with E-state index in [9.17, 15) is 10.5 Å². The van der Waals surface area contributed by atoms with Crippen LogP contribution in [-0.4, -0.2) is 6.54 Å². The van der Waals surface area contributed by atoms with Crippen LogP contribution in [0.1, 0.15) is 31.4 Å². The van der Waals surface area contributed by atoms with Crippen molar-refractivity contribution >= 4 is 28.1 Å². The number of hydrogen-bond donors (Lipinski definition) is 0. The van der Waals surface area contributed by atoms with E-state index in [1.54, 1.807) is 0 Å². The first-order chi connectivity index (χ1) is 15.1. The molecule has 0 saturated heterocycles. The van der Waals surface area contributed by atoms with Crippen molar-refractivity contribution in [3.8, 4) is 12.1 Å². The summed E-state index contributed by atoms with van der Waals surface area (Å²) in [7, 11) is 0. The third kappa shape index (κ3) is 2.86. The Morgan fingerprint density at radius 2 is 1.71 bits per heavy atom. The molecule has 0 aliphatic carbocycles. The van der Waals surface area contributed by atoms with Crippen LogP contribution in [0.5, 0.6) is 0 Å². The molecule has 5 rings (SSSR count). The Morgan fingerprint density at radius 1 is 0.935 bits per heavy atom. The van der Waals surface area contributed by atoms with E-state index in [1.165, 1.54) is 28.9 Å². The summed E-state index contributed by atoms with van der Waals surface area (Å²) in [6.07, 6.45) is 6.76. The van der Waals surface area contributed by atoms with Crippen LogP contribution in [0, 0.1) is 22.7 Å². The standard InChI is InChI=1S/C28H23N3/c1-28(2)25-11-5-7-20-8-6-16-31(27(20)25)26(28)15-13-19-12-14-23(21(17-29)18-30)24-10-4-3-9-22(19)24/h3-5,7,9-15H,6,8,16H2,1-2H3/b19-13+,26-15-. The maximum atomic E-state index is 9.35. The number of hydrogen-bond acceptors (Lipinski definition) is 3. The number of nitriles is 2. The lowest BCUT2D eigenvalue weighted by atomic mass is 9.83. The fraction of sp³-hybridized carbons (Fsp3) is 0.214. The maximum Gasteiger partial charge on any atom is 0.137 e. The summed E-state index contributed by atoms with van der Waals surface area (Å²) in [5.41, 5.74) is 5.68. The monoisotopic (exact) mass is 401 g/mol. The zero-order valence-electron chi connectivity index (χ0n) is 17.8. The molecule has 2 heterocycles. The Hall–Kier alpha value is -3.82. The number of allylic oxidation sites excluding steroid dienone is 2. The quantitative estimate of drug-likeness (QED) is 0.605. The van der Waals surface area contributed by atoms with E-state index in [4.69, 9.17) is 0 Å². The van der Waals surface area contributed by atoms with Gasteiger partial charge in [-0.2, -0.15) is 10.5 Å². The molecule has 0 saturated carbocycles. The van der Waals surface area contributed by atoms with E-state index in [0.717, 1.165) is 29.0 Å². The summed E-state index contributed by atoms with van der Waals surface area (Å²) in [5, 5.41) is 22.5. The average molecular weight is 402 g/mol. The van der Waals surface area contributed by atoms with Gasteiger partial charge < -0.3 is 4.90 Å². The molecule has 3 aromatic carbocycles. The minimum absolute atomic E-state index is 0.0511. The predicted molar refractivity (Wildman–Crippen MR) is 126 cm³/mol. The molecule has 0 fully saturated rings. The topological polar surface area (TPSA) is 50.8 Å². The Kier molecular flexibility index (Phi) is 4.42. The first-order valence-electron chi connectivity index (χ1n) is 10.7. The number of benzene rings is 3. The van der Waals surface area contributed by atoms with Gasteiger partial charge in [-0.3, -0.25) is 0 Å². The first kappa shape index (κ1) is 19.2. The van der Waals surface area contributed by atoms with Gasteiger partial charge in [-0.05, 0) is 46.0 Å². The van der Waals surface area contributed by atoms with Crippen molar-refractivity contribution in [3.63, 3.8) is 0 Å². The second-order valence-electron chi connectivity index (χ2n) is 8.76. The van der Waals surface area contributed by atoms with Crippen LogP contribution < -0.4 is 15.3 Å². The summed E-state index contributed by atoms with van der Waals surface area (Å²) < 4.78 is 0. The van der Waals surface area contributed by atoms with Crippen LogP contribution >= 0.6 is 0 Å². The van der Waals surface area contributed by atoms with E-state index in [-0.39, 0.29) is 11.0 Å². The molecule has 0 atom stereocenters. The molecule has 0 radical (unpaired) electrons. The highest BCUT2D eigenvalue weighted by Gasteiger charge is 2.41. The predicted octanol–water partition coefficient (Wildman–Crippen LogP) is 4.45. The Bertz CT molecular complexity index is 1440. The summed E-state index contributed by atoms with van der Waals surface area (Å²) in [6.45, 7) is 5.67. The van der Waals surface area contributed by atoms with Crippen molar-refractivity contribution in [1.82, 2.24) is 0 Å². The molecule has 3 aromatic rings. The zero-order chi connectivity index (χ0) is 21.6. The molecule has 0 N–H and O–H groups in total. The van der Waals surface area contributed by atoms with Gasteiger partial charge >= 0.3 is 0 Å². The van der Waals surface area contributed by atoms with Crippen LogP contribution in [0.4, 0.5) is 5.69 Å². The minimum atomic E-state index is -0.0511. The summed E-state index contributed by atoms with van der Waals surface area (Å²) in [5.74, 6) is 0. The smallest absolute Gasteiger partial charge is 0.137 e. The van der Waals surface area contributed by atoms with Gasteiger partial charge in [-0.15, -0.1) is 0 Å². The van der Waals surface area contributed by atoms with Gasteiger partial charge in [0, 0.05) is 28.6 Å². The number of aryl methyl sites for hydroxylation is 1. The number of rotatable bonds is 1. The van der Waals surface area contributed by atoms with E-state index in [0.29, 0.717) is 5.22 Å². The third-order valence-electron chi connectivity index (χ3n) is 6.69. The lowest BCUT2D eigenvalue weighted by Gasteiger charge is -2.30. The first-order valence-corrected chi connectivity index (χ1v) is 10.7. The molecule has 0 spiro atoms. The molecule has 0 bridgehead atoms. The van der Waals surface area contributed by atoms with Gasteiger partial charge in [0.15, 0.2) is 0 Å². The van der Waals surface area contributed by atoms with Crippen LogP contribution in [0.3, 0.4) is 0 Å². The van der Waals surface area contributed by atoms with E-state index in [1.807, 2.05) is 42.5 Å². The Morgan fingerprint density at radius 3 is 2.48 bits per heavy atom. The van der Waals surface area contributed by atoms with E-state index in [2.05, 4.69) is 55.2 Å². The Labute approximate surface area is 182 Å². The average Bonchev–Trinajstić information content (AvgIpc) is 3.02. The molecule has 0 unspecified atom stereocenters. The normalized spacial score (nSPS) is 18.0. The largest absolute Gasteiger partial charge is 0.344 e. The SMILES string of the molecule is CC1(C)/C(=C/C=c2\ccc(=C(C#N)C#N)c3ccccc23)N2CCCc3cccc1c32. The van der Waals surface area contributed by atoms with E-state index >= 15 is 0 Å². The van der Waals surface area contributed by atoms with Crippen LogP contribution in [0.25, 0.3) is 22.4 Å². The second-order valence-corrected chi connectivity index (χ2v) is 8.76. The number of para-hydroxylation sites is 1. The molecule has 31 heavy (non-hydrogen) atoms. The highest BCUT2D eigenvalue weighted by Crippen LogP contribution is 2.50. The van der Waals surface area contributed by atoms with Gasteiger partial charge in [0.05, 0.1) is 0 Å². The lowest BCUT2D eigenvalue weighted by molar-refractivity contribution is 0.626. The molecule has 3 heteroatoms. The van der Waals surface area contributed by atoms with E-state index < -0.39 is 0 Å². The summed E-state index contributed by atoms with van der Waals surface area (Å²) in [4.78, 5) is 2.50. The van der Waals surface area contributed by atoms with Crippen molar-refractivity contribution < 1.29 is 0 Å². The van der Waals surface area contributed by atoms with Crippen molar-refractivity contribution in [2.45, 2.75) is 32.1 Å². The van der Waals surface area contributed by atoms with Crippen molar-refractivity contribution in [3.05, 3.63) is 87.9 Å². The molecule has 150 valence electrons. The summed E-state index contributed by atoms with van der Waals surface area (Å²) in [6, 6.07) is 22.7. The van der Waals surface area contributed by atoms with Crippen LogP contribution in [0.2, 0.25) is 0 Å².